The number of unbranched alkanes of at least 4 members (excludes halogenated alkanes) is 2. The molecule has 29 heavy (non-hydrogen) atoms. The lowest BCUT2D eigenvalue weighted by Crippen LogP contribution is -2.17. The summed E-state index contributed by atoms with van der Waals surface area (Å²) in [6, 6.07) is 16.8. The van der Waals surface area contributed by atoms with Crippen molar-refractivity contribution in [3.05, 3.63) is 59.7 Å². The van der Waals surface area contributed by atoms with Gasteiger partial charge in [0.15, 0.2) is 9.84 Å². The first kappa shape index (κ1) is 21.6. The molecule has 0 unspecified atom stereocenters. The van der Waals surface area contributed by atoms with Gasteiger partial charge in [-0.3, -0.25) is 4.79 Å². The van der Waals surface area contributed by atoms with Gasteiger partial charge < -0.3 is 4.90 Å². The number of benzene rings is 2. The molecule has 0 saturated carbocycles. The zero-order valence-corrected chi connectivity index (χ0v) is 18.2. The Bertz CT molecular complexity index is 933. The minimum absolute atomic E-state index is 0.219. The van der Waals surface area contributed by atoms with Crippen molar-refractivity contribution in [1.29, 1.82) is 0 Å². The maximum atomic E-state index is 12.3. The Morgan fingerprint density at radius 1 is 1.00 bits per heavy atom. The van der Waals surface area contributed by atoms with Gasteiger partial charge in [-0.1, -0.05) is 36.8 Å². The molecular weight excluding hydrogens is 382 g/mol. The van der Waals surface area contributed by atoms with E-state index >= 15 is 0 Å². The van der Waals surface area contributed by atoms with E-state index in [1.165, 1.54) is 11.3 Å². The first-order valence-corrected chi connectivity index (χ1v) is 12.3. The smallest absolute Gasteiger partial charge is 0.152 e. The van der Waals surface area contributed by atoms with Gasteiger partial charge in [-0.15, -0.1) is 0 Å². The van der Waals surface area contributed by atoms with E-state index in [4.69, 9.17) is 0 Å². The van der Waals surface area contributed by atoms with Gasteiger partial charge in [-0.05, 0) is 62.4 Å². The molecule has 0 atom stereocenters. The van der Waals surface area contributed by atoms with E-state index in [9.17, 15) is 13.2 Å². The predicted octanol–water partition coefficient (Wildman–Crippen LogP) is 4.88. The first-order chi connectivity index (χ1) is 13.9. The Hall–Kier alpha value is -2.14. The number of rotatable bonds is 10. The third-order valence-electron chi connectivity index (χ3n) is 5.64. The van der Waals surface area contributed by atoms with Crippen molar-refractivity contribution in [1.82, 2.24) is 0 Å². The molecule has 1 aliphatic rings. The van der Waals surface area contributed by atoms with Crippen LogP contribution in [0.1, 0.15) is 50.7 Å². The molecule has 0 bridgehead atoms. The summed E-state index contributed by atoms with van der Waals surface area (Å²) in [7, 11) is -2.97. The predicted molar refractivity (Wildman–Crippen MR) is 120 cm³/mol. The number of carbonyl (C=O) groups is 1. The summed E-state index contributed by atoms with van der Waals surface area (Å²) in [5, 5.41) is -0.318. The van der Waals surface area contributed by atoms with E-state index in [1.54, 1.807) is 13.8 Å². The van der Waals surface area contributed by atoms with Gasteiger partial charge in [-0.2, -0.15) is 0 Å². The molecule has 0 radical (unpaired) electrons. The van der Waals surface area contributed by atoms with Gasteiger partial charge >= 0.3 is 0 Å². The summed E-state index contributed by atoms with van der Waals surface area (Å²) >= 11 is 0. The van der Waals surface area contributed by atoms with Crippen LogP contribution in [0.25, 0.3) is 0 Å². The molecule has 4 nitrogen and oxygen atoms in total. The number of sulfone groups is 1. The van der Waals surface area contributed by atoms with E-state index in [1.807, 2.05) is 12.1 Å². The number of hydrogen-bond donors (Lipinski definition) is 0. The number of para-hydroxylation sites is 1. The number of hydrogen-bond acceptors (Lipinski definition) is 4. The molecule has 0 aromatic heterocycles. The molecule has 1 heterocycles. The second-order valence-corrected chi connectivity index (χ2v) is 10.8. The van der Waals surface area contributed by atoms with Gasteiger partial charge in [0.2, 0.25) is 0 Å². The van der Waals surface area contributed by atoms with Crippen molar-refractivity contribution in [2.24, 2.45) is 0 Å². The van der Waals surface area contributed by atoms with E-state index in [-0.39, 0.29) is 16.8 Å². The van der Waals surface area contributed by atoms with Crippen molar-refractivity contribution < 1.29 is 13.2 Å². The minimum Gasteiger partial charge on any atom is -0.341 e. The molecule has 0 fully saturated rings. The van der Waals surface area contributed by atoms with Crippen LogP contribution in [0.3, 0.4) is 0 Å². The number of Topliss-reactive ketones (excluding diaryl/α,β-unsaturated/α-hetero) is 1. The minimum atomic E-state index is -2.97. The SMILES string of the molecule is CC(C)S(=O)(=O)CCCCCC(=O)Cc1ccc(N2CCc3ccccc32)cc1. The topological polar surface area (TPSA) is 54.5 Å². The second-order valence-electron chi connectivity index (χ2n) is 8.14. The molecule has 2 aromatic carbocycles. The van der Waals surface area contributed by atoms with Crippen molar-refractivity contribution in [3.8, 4) is 0 Å². The van der Waals surface area contributed by atoms with Crippen LogP contribution in [-0.4, -0.2) is 31.7 Å². The summed E-state index contributed by atoms with van der Waals surface area (Å²) in [6.07, 6.45) is 4.21. The molecular formula is C24H31NO3S. The van der Waals surface area contributed by atoms with E-state index < -0.39 is 9.84 Å². The maximum Gasteiger partial charge on any atom is 0.152 e. The van der Waals surface area contributed by atoms with E-state index in [2.05, 4.69) is 41.3 Å². The van der Waals surface area contributed by atoms with Crippen LogP contribution in [0, 0.1) is 0 Å². The number of ketones is 1. The van der Waals surface area contributed by atoms with Crippen LogP contribution in [-0.2, 0) is 27.5 Å². The fraction of sp³-hybridized carbons (Fsp3) is 0.458. The Balaban J connectivity index is 1.44. The lowest BCUT2D eigenvalue weighted by Gasteiger charge is -2.19. The van der Waals surface area contributed by atoms with Crippen LogP contribution in [0.2, 0.25) is 0 Å². The molecule has 3 rings (SSSR count). The van der Waals surface area contributed by atoms with Gasteiger partial charge in [0.1, 0.15) is 5.78 Å². The molecule has 0 aliphatic carbocycles. The highest BCUT2D eigenvalue weighted by Crippen LogP contribution is 2.34. The molecule has 2 aromatic rings. The Morgan fingerprint density at radius 3 is 2.45 bits per heavy atom. The fourth-order valence-electron chi connectivity index (χ4n) is 3.75. The average molecular weight is 414 g/mol. The summed E-state index contributed by atoms with van der Waals surface area (Å²) in [4.78, 5) is 14.6. The third-order valence-corrected chi connectivity index (χ3v) is 7.93. The second kappa shape index (κ2) is 9.57. The zero-order valence-electron chi connectivity index (χ0n) is 17.4. The fourth-order valence-corrected chi connectivity index (χ4v) is 4.83. The summed E-state index contributed by atoms with van der Waals surface area (Å²) in [5.74, 6) is 0.441. The monoisotopic (exact) mass is 413 g/mol. The lowest BCUT2D eigenvalue weighted by molar-refractivity contribution is -0.118. The Kier molecular flexibility index (Phi) is 7.12. The molecule has 5 heteroatoms. The summed E-state index contributed by atoms with van der Waals surface area (Å²) in [5.41, 5.74) is 4.86. The molecule has 0 amide bonds. The van der Waals surface area contributed by atoms with Gasteiger partial charge in [0.05, 0.1) is 11.0 Å². The summed E-state index contributed by atoms with van der Waals surface area (Å²) in [6.45, 7) is 4.42. The normalized spacial score (nSPS) is 13.7. The molecule has 0 N–H and O–H groups in total. The van der Waals surface area contributed by atoms with Crippen LogP contribution in [0.5, 0.6) is 0 Å². The number of fused-ring (bicyclic) bond motifs is 1. The highest BCUT2D eigenvalue weighted by Gasteiger charge is 2.19. The molecule has 0 saturated heterocycles. The van der Waals surface area contributed by atoms with Crippen molar-refractivity contribution >= 4 is 27.0 Å². The van der Waals surface area contributed by atoms with Gasteiger partial charge in [-0.25, -0.2) is 8.42 Å². The van der Waals surface area contributed by atoms with E-state index in [0.717, 1.165) is 37.1 Å². The average Bonchev–Trinajstić information content (AvgIpc) is 3.12. The van der Waals surface area contributed by atoms with Crippen LogP contribution in [0.15, 0.2) is 48.5 Å². The van der Waals surface area contributed by atoms with E-state index in [0.29, 0.717) is 19.3 Å². The van der Waals surface area contributed by atoms with Gasteiger partial charge in [0, 0.05) is 30.8 Å². The standard InChI is InChI=1S/C24H31NO3S/c1-19(2)29(27,28)17-7-3-4-9-23(26)18-20-11-13-22(14-12-20)25-16-15-21-8-5-6-10-24(21)25/h5-6,8,10-14,19H,3-4,7,9,15-18H2,1-2H3. The first-order valence-electron chi connectivity index (χ1n) is 10.5. The highest BCUT2D eigenvalue weighted by molar-refractivity contribution is 7.91. The highest BCUT2D eigenvalue weighted by atomic mass is 32.2. The molecule has 0 spiro atoms. The maximum absolute atomic E-state index is 12.3. The lowest BCUT2D eigenvalue weighted by atomic mass is 10.0. The van der Waals surface area contributed by atoms with Gasteiger partial charge in [0.25, 0.3) is 0 Å². The third kappa shape index (κ3) is 5.69. The molecule has 156 valence electrons. The summed E-state index contributed by atoms with van der Waals surface area (Å²) < 4.78 is 23.6. The van der Waals surface area contributed by atoms with Crippen LogP contribution < -0.4 is 4.90 Å². The van der Waals surface area contributed by atoms with Crippen molar-refractivity contribution in [2.75, 3.05) is 17.2 Å². The Morgan fingerprint density at radius 2 is 1.72 bits per heavy atom. The van der Waals surface area contributed by atoms with Crippen LogP contribution >= 0.6 is 0 Å². The van der Waals surface area contributed by atoms with Crippen molar-refractivity contribution in [2.45, 2.75) is 57.6 Å². The quantitative estimate of drug-likeness (QED) is 0.521. The zero-order chi connectivity index (χ0) is 20.9. The number of carbonyl (C=O) groups excluding carboxylic acids is 1. The Labute approximate surface area is 174 Å². The van der Waals surface area contributed by atoms with Crippen molar-refractivity contribution in [3.63, 3.8) is 0 Å². The number of nitrogens with zero attached hydrogens (tertiary/aromatic N) is 1. The number of anilines is 2. The largest absolute Gasteiger partial charge is 0.341 e. The van der Waals surface area contributed by atoms with Crippen LogP contribution in [0.4, 0.5) is 11.4 Å². The molecule has 1 aliphatic heterocycles.